The van der Waals surface area contributed by atoms with E-state index in [2.05, 4.69) is 13.1 Å². The molecule has 3 heteroatoms. The Morgan fingerprint density at radius 2 is 2.00 bits per heavy atom. The minimum absolute atomic E-state index is 0.0656. The molecule has 11 heavy (non-hydrogen) atoms. The van der Waals surface area contributed by atoms with Gasteiger partial charge in [-0.1, -0.05) is 13.1 Å². The van der Waals surface area contributed by atoms with Gasteiger partial charge in [0.15, 0.2) is 5.78 Å². The van der Waals surface area contributed by atoms with Gasteiger partial charge in [0.05, 0.1) is 6.42 Å². The zero-order valence-electron chi connectivity index (χ0n) is 7.14. The van der Waals surface area contributed by atoms with Crippen molar-refractivity contribution in [1.29, 1.82) is 0 Å². The van der Waals surface area contributed by atoms with Crippen LogP contribution in [0, 0.1) is 0 Å². The lowest BCUT2D eigenvalue weighted by molar-refractivity contribution is -0.123. The average Bonchev–Trinajstić information content (AvgIpc) is 1.87. The van der Waals surface area contributed by atoms with Crippen LogP contribution in [0.4, 0.5) is 0 Å². The lowest BCUT2D eigenvalue weighted by atomic mass is 10.1. The van der Waals surface area contributed by atoms with Crippen LogP contribution in [0.5, 0.6) is 0 Å². The first kappa shape index (κ1) is 10.3. The molecule has 0 saturated heterocycles. The van der Waals surface area contributed by atoms with E-state index in [9.17, 15) is 9.59 Å². The molecule has 0 aromatic carbocycles. The minimum atomic E-state index is -0.232. The van der Waals surface area contributed by atoms with Gasteiger partial charge in [0.2, 0.25) is 0 Å². The molecule has 0 fully saturated rings. The number of allylic oxidation sites excluding steroid dienone is 1. The van der Waals surface area contributed by atoms with Crippen LogP contribution in [-0.2, 0) is 9.59 Å². The maximum absolute atomic E-state index is 10.9. The molecule has 0 spiro atoms. The number of ketones is 2. The standard InChI is InChI=1S/C8H14O2Si/c1-6(2)8(10)4-7(9)5-11-3/h1,4-5,11H2,2-3H3. The van der Waals surface area contributed by atoms with Gasteiger partial charge < -0.3 is 0 Å². The highest BCUT2D eigenvalue weighted by Crippen LogP contribution is 1.98. The zero-order valence-corrected chi connectivity index (χ0v) is 8.56. The largest absolute Gasteiger partial charge is 0.300 e. The van der Waals surface area contributed by atoms with Gasteiger partial charge in [-0.25, -0.2) is 0 Å². The topological polar surface area (TPSA) is 34.1 Å². The number of Topliss-reactive ketones (excluding diaryl/α,β-unsaturated/α-hetero) is 2. The summed E-state index contributed by atoms with van der Waals surface area (Å²) in [5, 5.41) is 0. The van der Waals surface area contributed by atoms with Crippen LogP contribution in [0.2, 0.25) is 12.6 Å². The van der Waals surface area contributed by atoms with Crippen LogP contribution < -0.4 is 0 Å². The first-order chi connectivity index (χ1) is 5.07. The molecular weight excluding hydrogens is 156 g/mol. The van der Waals surface area contributed by atoms with E-state index in [0.717, 1.165) is 0 Å². The Balaban J connectivity index is 3.76. The van der Waals surface area contributed by atoms with Crippen molar-refractivity contribution in [2.24, 2.45) is 0 Å². The van der Waals surface area contributed by atoms with Gasteiger partial charge in [-0.2, -0.15) is 0 Å². The van der Waals surface area contributed by atoms with Crippen LogP contribution >= 0.6 is 0 Å². The predicted octanol–water partition coefficient (Wildman–Crippen LogP) is 0.726. The molecule has 0 aliphatic carbocycles. The summed E-state index contributed by atoms with van der Waals surface area (Å²) in [5.41, 5.74) is 0.483. The van der Waals surface area contributed by atoms with Crippen LogP contribution in [-0.4, -0.2) is 21.1 Å². The molecule has 0 amide bonds. The average molecular weight is 170 g/mol. The van der Waals surface area contributed by atoms with Crippen molar-refractivity contribution in [3.63, 3.8) is 0 Å². The Morgan fingerprint density at radius 1 is 1.45 bits per heavy atom. The van der Waals surface area contributed by atoms with E-state index >= 15 is 0 Å². The highest BCUT2D eigenvalue weighted by Gasteiger charge is 2.08. The molecule has 2 nitrogen and oxygen atoms in total. The second-order valence-electron chi connectivity index (χ2n) is 2.67. The smallest absolute Gasteiger partial charge is 0.165 e. The van der Waals surface area contributed by atoms with Crippen molar-refractivity contribution in [1.82, 2.24) is 0 Å². The van der Waals surface area contributed by atoms with Gasteiger partial charge in [0, 0.05) is 9.52 Å². The third-order valence-corrected chi connectivity index (χ3v) is 2.42. The van der Waals surface area contributed by atoms with Crippen LogP contribution in [0.1, 0.15) is 13.3 Å². The Labute approximate surface area is 69.5 Å². The minimum Gasteiger partial charge on any atom is -0.300 e. The fourth-order valence-corrected chi connectivity index (χ4v) is 1.43. The summed E-state index contributed by atoms with van der Waals surface area (Å²) in [6.45, 7) is 7.17. The second-order valence-corrected chi connectivity index (χ2v) is 4.17. The molecule has 0 rings (SSSR count). The number of carbonyl (C=O) groups excluding carboxylic acids is 2. The van der Waals surface area contributed by atoms with Crippen molar-refractivity contribution >= 4 is 21.1 Å². The first-order valence-electron chi connectivity index (χ1n) is 3.78. The molecule has 0 aromatic rings. The highest BCUT2D eigenvalue weighted by atomic mass is 28.2. The van der Waals surface area contributed by atoms with Gasteiger partial charge in [0.1, 0.15) is 5.78 Å². The fraction of sp³-hybridized carbons (Fsp3) is 0.500. The first-order valence-corrected chi connectivity index (χ1v) is 6.19. The lowest BCUT2D eigenvalue weighted by Gasteiger charge is -1.96. The molecule has 0 radical (unpaired) electrons. The highest BCUT2D eigenvalue weighted by molar-refractivity contribution is 6.40. The monoisotopic (exact) mass is 170 g/mol. The summed E-state index contributed by atoms with van der Waals surface area (Å²) in [4.78, 5) is 21.9. The zero-order chi connectivity index (χ0) is 8.85. The van der Waals surface area contributed by atoms with Gasteiger partial charge >= 0.3 is 0 Å². The molecule has 0 aliphatic rings. The van der Waals surface area contributed by atoms with Crippen molar-refractivity contribution in [3.05, 3.63) is 12.2 Å². The molecule has 0 aliphatic heterocycles. The molecule has 0 heterocycles. The van der Waals surface area contributed by atoms with E-state index in [0.29, 0.717) is 11.6 Å². The molecule has 0 atom stereocenters. The molecule has 62 valence electrons. The normalized spacial score (nSPS) is 10.4. The quantitative estimate of drug-likeness (QED) is 0.346. The van der Waals surface area contributed by atoms with E-state index in [1.54, 1.807) is 6.92 Å². The molecule has 0 N–H and O–H groups in total. The lowest BCUT2D eigenvalue weighted by Crippen LogP contribution is -2.08. The Morgan fingerprint density at radius 3 is 2.36 bits per heavy atom. The molecule has 0 saturated carbocycles. The molecule has 0 unspecified atom stereocenters. The number of hydrogen-bond donors (Lipinski definition) is 0. The van der Waals surface area contributed by atoms with Crippen molar-refractivity contribution < 1.29 is 9.59 Å². The summed E-state index contributed by atoms with van der Waals surface area (Å²) < 4.78 is 0. The summed E-state index contributed by atoms with van der Waals surface area (Å²) in [6, 6.07) is 0.638. The maximum atomic E-state index is 10.9. The third-order valence-electron chi connectivity index (χ3n) is 1.36. The van der Waals surface area contributed by atoms with E-state index in [1.165, 1.54) is 0 Å². The summed E-state index contributed by atoms with van der Waals surface area (Å²) >= 11 is 0. The number of rotatable bonds is 5. The summed E-state index contributed by atoms with van der Waals surface area (Å²) in [5.74, 6) is -0.0374. The van der Waals surface area contributed by atoms with E-state index in [4.69, 9.17) is 0 Å². The second kappa shape index (κ2) is 5.01. The fourth-order valence-electron chi connectivity index (χ4n) is 0.697. The van der Waals surface area contributed by atoms with Crippen LogP contribution in [0.25, 0.3) is 0 Å². The van der Waals surface area contributed by atoms with Crippen molar-refractivity contribution in [3.8, 4) is 0 Å². The van der Waals surface area contributed by atoms with Gasteiger partial charge in [-0.3, -0.25) is 9.59 Å². The van der Waals surface area contributed by atoms with Gasteiger partial charge in [-0.05, 0) is 18.5 Å². The Hall–Kier alpha value is -0.703. The van der Waals surface area contributed by atoms with Gasteiger partial charge in [-0.15, -0.1) is 0 Å². The van der Waals surface area contributed by atoms with Crippen LogP contribution in [0.3, 0.4) is 0 Å². The molecular formula is C8H14O2Si. The Kier molecular flexibility index (Phi) is 4.69. The maximum Gasteiger partial charge on any atom is 0.165 e. The van der Waals surface area contributed by atoms with E-state index < -0.39 is 0 Å². The number of hydrogen-bond acceptors (Lipinski definition) is 2. The van der Waals surface area contributed by atoms with E-state index in [-0.39, 0.29) is 27.5 Å². The number of carbonyl (C=O) groups is 2. The van der Waals surface area contributed by atoms with Gasteiger partial charge in [0.25, 0.3) is 0 Å². The SMILES string of the molecule is C=C(C)C(=O)CC(=O)C[SiH2]C. The van der Waals surface area contributed by atoms with E-state index in [1.807, 2.05) is 0 Å². The molecule has 0 bridgehead atoms. The molecule has 0 aromatic heterocycles. The van der Waals surface area contributed by atoms with Crippen molar-refractivity contribution in [2.75, 3.05) is 0 Å². The summed E-state index contributed by atoms with van der Waals surface area (Å²) in [7, 11) is -0.232. The predicted molar refractivity (Wildman–Crippen MR) is 48.7 cm³/mol. The van der Waals surface area contributed by atoms with Crippen molar-refractivity contribution in [2.45, 2.75) is 25.9 Å². The summed E-state index contributed by atoms with van der Waals surface area (Å²) in [6.07, 6.45) is 0.0656. The van der Waals surface area contributed by atoms with Crippen LogP contribution in [0.15, 0.2) is 12.2 Å². The Bertz CT molecular complexity index is 185. The third kappa shape index (κ3) is 4.67.